The Morgan fingerprint density at radius 3 is 2.68 bits per heavy atom. The lowest BCUT2D eigenvalue weighted by molar-refractivity contribution is -0.120. The highest BCUT2D eigenvalue weighted by atomic mass is 16.7. The van der Waals surface area contributed by atoms with Crippen molar-refractivity contribution in [3.8, 4) is 11.5 Å². The van der Waals surface area contributed by atoms with E-state index in [1.54, 1.807) is 0 Å². The van der Waals surface area contributed by atoms with Gasteiger partial charge in [-0.15, -0.1) is 0 Å². The van der Waals surface area contributed by atoms with E-state index in [0.717, 1.165) is 41.2 Å². The molecule has 2 aromatic carbocycles. The summed E-state index contributed by atoms with van der Waals surface area (Å²) in [6.07, 6.45) is 4.32. The van der Waals surface area contributed by atoms with E-state index >= 15 is 0 Å². The second kappa shape index (κ2) is 5.94. The van der Waals surface area contributed by atoms with Crippen molar-refractivity contribution in [1.82, 2.24) is 0 Å². The van der Waals surface area contributed by atoms with Crippen LogP contribution in [0.5, 0.6) is 11.5 Å². The third-order valence-electron chi connectivity index (χ3n) is 6.30. The van der Waals surface area contributed by atoms with Crippen molar-refractivity contribution in [2.45, 2.75) is 51.4 Å². The van der Waals surface area contributed by atoms with Crippen LogP contribution in [0.25, 0.3) is 0 Å². The molecule has 1 fully saturated rings. The van der Waals surface area contributed by atoms with Crippen molar-refractivity contribution in [2.75, 3.05) is 6.79 Å². The first-order chi connectivity index (χ1) is 13.4. The smallest absolute Gasteiger partial charge is 0.231 e. The molecule has 1 unspecified atom stereocenters. The zero-order chi connectivity index (χ0) is 19.5. The Balaban J connectivity index is 0.00000205. The van der Waals surface area contributed by atoms with Gasteiger partial charge >= 0.3 is 0 Å². The second-order valence-electron chi connectivity index (χ2n) is 9.27. The summed E-state index contributed by atoms with van der Waals surface area (Å²) in [7, 11) is 0. The fourth-order valence-electron chi connectivity index (χ4n) is 4.41. The number of ether oxygens (including phenoxy) is 2. The summed E-state index contributed by atoms with van der Waals surface area (Å²) >= 11 is 0. The lowest BCUT2D eigenvalue weighted by atomic mass is 9.77. The van der Waals surface area contributed by atoms with E-state index in [1.165, 1.54) is 5.56 Å². The van der Waals surface area contributed by atoms with Gasteiger partial charge in [-0.05, 0) is 53.1 Å². The molecule has 2 aliphatic heterocycles. The molecule has 1 aliphatic carbocycles. The number of benzene rings is 2. The van der Waals surface area contributed by atoms with Gasteiger partial charge in [-0.25, -0.2) is 0 Å². The second-order valence-corrected chi connectivity index (χ2v) is 9.27. The van der Waals surface area contributed by atoms with E-state index in [4.69, 9.17) is 9.47 Å². The van der Waals surface area contributed by atoms with Crippen molar-refractivity contribution < 1.29 is 15.7 Å². The van der Waals surface area contributed by atoms with E-state index in [0.29, 0.717) is 12.3 Å². The number of aliphatic imine (C=N–C) groups is 1. The summed E-state index contributed by atoms with van der Waals surface area (Å²) in [5.74, 6) is 2.09. The van der Waals surface area contributed by atoms with Crippen molar-refractivity contribution in [3.63, 3.8) is 0 Å². The monoisotopic (exact) mass is 377 g/mol. The first kappa shape index (κ1) is 17.5. The van der Waals surface area contributed by atoms with Crippen LogP contribution in [0.15, 0.2) is 41.4 Å². The van der Waals surface area contributed by atoms with Gasteiger partial charge in [0.15, 0.2) is 11.5 Å². The zero-order valence-corrected chi connectivity index (χ0v) is 16.6. The third kappa shape index (κ3) is 2.74. The van der Waals surface area contributed by atoms with Gasteiger partial charge in [0.2, 0.25) is 6.79 Å². The van der Waals surface area contributed by atoms with Crippen LogP contribution in [0.1, 0.15) is 57.6 Å². The van der Waals surface area contributed by atoms with E-state index in [-0.39, 0.29) is 24.8 Å². The van der Waals surface area contributed by atoms with Crippen LogP contribution in [-0.4, -0.2) is 18.8 Å². The van der Waals surface area contributed by atoms with Crippen LogP contribution >= 0.6 is 0 Å². The number of carbonyl (C=O) groups excluding carboxylic acids is 1. The van der Waals surface area contributed by atoms with Gasteiger partial charge in [0.1, 0.15) is 5.78 Å². The number of hydrogen-bond acceptors (Lipinski definition) is 4. The van der Waals surface area contributed by atoms with Crippen LogP contribution in [0.2, 0.25) is 0 Å². The Kier molecular flexibility index (Phi) is 3.71. The number of Topliss-reactive ketones (excluding diaryl/α,β-unsaturated/α-hetero) is 1. The van der Waals surface area contributed by atoms with Gasteiger partial charge in [0.25, 0.3) is 0 Å². The molecule has 0 aromatic heterocycles. The SMILES string of the molecule is CC(C)(C)C1C=Nc2ccc(CC(=O)C3(c4ccc5c(c4)OCO5)CC3)cc21.[HH]. The van der Waals surface area contributed by atoms with Gasteiger partial charge in [0.05, 0.1) is 11.1 Å². The minimum Gasteiger partial charge on any atom is -0.454 e. The number of hydrogen-bond donors (Lipinski definition) is 0. The molecule has 4 heteroatoms. The fraction of sp³-hybridized carbons (Fsp3) is 0.417. The maximum absolute atomic E-state index is 13.3. The minimum absolute atomic E-state index is 0. The molecule has 1 atom stereocenters. The van der Waals surface area contributed by atoms with Crippen LogP contribution in [0.4, 0.5) is 5.69 Å². The predicted octanol–water partition coefficient (Wildman–Crippen LogP) is 5.35. The molecule has 1 saturated carbocycles. The highest BCUT2D eigenvalue weighted by Crippen LogP contribution is 2.52. The number of ketones is 1. The molecule has 5 rings (SSSR count). The Bertz CT molecular complexity index is 1000. The molecule has 0 radical (unpaired) electrons. The van der Waals surface area contributed by atoms with Crippen LogP contribution < -0.4 is 9.47 Å². The molecule has 0 saturated heterocycles. The van der Waals surface area contributed by atoms with Crippen molar-refractivity contribution in [1.29, 1.82) is 0 Å². The van der Waals surface area contributed by atoms with Crippen LogP contribution in [0, 0.1) is 5.41 Å². The third-order valence-corrected chi connectivity index (χ3v) is 6.30. The fourth-order valence-corrected chi connectivity index (χ4v) is 4.41. The average molecular weight is 377 g/mol. The van der Waals surface area contributed by atoms with Crippen molar-refractivity contribution in [2.24, 2.45) is 10.4 Å². The molecular formula is C24H27NO3. The van der Waals surface area contributed by atoms with E-state index in [1.807, 2.05) is 24.4 Å². The molecule has 2 heterocycles. The van der Waals surface area contributed by atoms with Crippen LogP contribution in [-0.2, 0) is 16.6 Å². The molecule has 28 heavy (non-hydrogen) atoms. The molecule has 0 bridgehead atoms. The Morgan fingerprint density at radius 2 is 1.93 bits per heavy atom. The van der Waals surface area contributed by atoms with E-state index in [2.05, 4.69) is 44.0 Å². The van der Waals surface area contributed by atoms with Crippen molar-refractivity contribution in [3.05, 3.63) is 53.1 Å². The summed E-state index contributed by atoms with van der Waals surface area (Å²) in [6.45, 7) is 6.95. The topological polar surface area (TPSA) is 47.9 Å². The maximum atomic E-state index is 13.3. The normalized spacial score (nSPS) is 20.9. The lowest BCUT2D eigenvalue weighted by Gasteiger charge is -2.26. The van der Waals surface area contributed by atoms with Crippen molar-refractivity contribution >= 4 is 17.7 Å². The highest BCUT2D eigenvalue weighted by molar-refractivity contribution is 5.95. The molecule has 0 amide bonds. The zero-order valence-electron chi connectivity index (χ0n) is 16.6. The van der Waals surface area contributed by atoms with E-state index in [9.17, 15) is 4.79 Å². The summed E-state index contributed by atoms with van der Waals surface area (Å²) in [4.78, 5) is 17.8. The number of nitrogens with zero attached hydrogens (tertiary/aromatic N) is 1. The number of carbonyl (C=O) groups is 1. The molecule has 3 aliphatic rings. The molecule has 2 aromatic rings. The van der Waals surface area contributed by atoms with Gasteiger partial charge in [-0.1, -0.05) is 39.0 Å². The Hall–Kier alpha value is -2.62. The molecule has 4 nitrogen and oxygen atoms in total. The molecule has 0 spiro atoms. The van der Waals surface area contributed by atoms with Gasteiger partial charge < -0.3 is 9.47 Å². The quantitative estimate of drug-likeness (QED) is 0.721. The predicted molar refractivity (Wildman–Crippen MR) is 111 cm³/mol. The Morgan fingerprint density at radius 1 is 1.14 bits per heavy atom. The number of rotatable bonds is 4. The maximum Gasteiger partial charge on any atom is 0.231 e. The summed E-state index contributed by atoms with van der Waals surface area (Å²) in [5, 5.41) is 0. The molecular weight excluding hydrogens is 350 g/mol. The molecule has 146 valence electrons. The van der Waals surface area contributed by atoms with Gasteiger partial charge in [-0.2, -0.15) is 0 Å². The highest BCUT2D eigenvalue weighted by Gasteiger charge is 2.50. The van der Waals surface area contributed by atoms with Crippen LogP contribution in [0.3, 0.4) is 0 Å². The standard InChI is InChI=1S/C24H25NO3.H2/c1-23(2,3)18-13-25-19-6-4-15(10-17(18)19)11-22(26)24(8-9-24)16-5-7-20-21(12-16)28-14-27-20;/h4-7,10,12-13,18H,8-9,11,14H2,1-3H3;1H. The summed E-state index contributed by atoms with van der Waals surface area (Å²) in [5.41, 5.74) is 4.16. The minimum atomic E-state index is -0.361. The first-order valence-corrected chi connectivity index (χ1v) is 9.97. The van der Waals surface area contributed by atoms with E-state index < -0.39 is 0 Å². The summed E-state index contributed by atoms with van der Waals surface area (Å²) in [6, 6.07) is 12.2. The van der Waals surface area contributed by atoms with Gasteiger partial charge in [0, 0.05) is 20.0 Å². The largest absolute Gasteiger partial charge is 0.454 e. The first-order valence-electron chi connectivity index (χ1n) is 9.97. The average Bonchev–Trinajstić information content (AvgIpc) is 3.14. The van der Waals surface area contributed by atoms with Gasteiger partial charge in [-0.3, -0.25) is 9.79 Å². The summed E-state index contributed by atoms with van der Waals surface area (Å²) < 4.78 is 10.9. The Labute approximate surface area is 167 Å². The molecule has 0 N–H and O–H groups in total. The lowest BCUT2D eigenvalue weighted by Crippen LogP contribution is -2.23. The number of fused-ring (bicyclic) bond motifs is 2.